The summed E-state index contributed by atoms with van der Waals surface area (Å²) in [5.41, 5.74) is 3.19. The Morgan fingerprint density at radius 1 is 1.08 bits per heavy atom. The monoisotopic (exact) mass is 356 g/mol. The Bertz CT molecular complexity index is 976. The van der Waals surface area contributed by atoms with E-state index in [1.165, 1.54) is 0 Å². The van der Waals surface area contributed by atoms with Gasteiger partial charge in [-0.15, -0.1) is 5.10 Å². The molecule has 0 saturated heterocycles. The number of sulfonamides is 1. The first-order chi connectivity index (χ1) is 11.9. The maximum atomic E-state index is 12.5. The Morgan fingerprint density at radius 2 is 1.80 bits per heavy atom. The molecule has 0 radical (unpaired) electrons. The third kappa shape index (κ3) is 3.71. The summed E-state index contributed by atoms with van der Waals surface area (Å²) in [6.45, 7) is 6.02. The van der Waals surface area contributed by atoms with Crippen molar-refractivity contribution >= 4 is 15.7 Å². The number of anilines is 1. The normalized spacial score (nSPS) is 11.7. The fraction of sp³-hybridized carbons (Fsp3) is 0.222. The molecule has 130 valence electrons. The summed E-state index contributed by atoms with van der Waals surface area (Å²) in [5.74, 6) is 0.253. The number of benzene rings is 2. The molecule has 0 fully saturated rings. The van der Waals surface area contributed by atoms with E-state index in [1.807, 2.05) is 13.0 Å². The predicted octanol–water partition coefficient (Wildman–Crippen LogP) is 3.50. The van der Waals surface area contributed by atoms with Crippen LogP contribution in [0, 0.1) is 6.92 Å². The zero-order valence-corrected chi connectivity index (χ0v) is 15.2. The van der Waals surface area contributed by atoms with Gasteiger partial charge >= 0.3 is 0 Å². The van der Waals surface area contributed by atoms with Crippen molar-refractivity contribution in [3.05, 3.63) is 66.0 Å². The van der Waals surface area contributed by atoms with Crippen LogP contribution < -0.4 is 4.72 Å². The van der Waals surface area contributed by atoms with E-state index in [0.717, 1.165) is 16.9 Å². The highest BCUT2D eigenvalue weighted by Crippen LogP contribution is 2.22. The molecule has 0 amide bonds. The summed E-state index contributed by atoms with van der Waals surface area (Å²) in [7, 11) is -3.64. The van der Waals surface area contributed by atoms with Crippen LogP contribution in [0.5, 0.6) is 0 Å². The van der Waals surface area contributed by atoms with Crippen LogP contribution in [0.15, 0.2) is 59.6 Å². The molecule has 6 nitrogen and oxygen atoms in total. The zero-order chi connectivity index (χ0) is 18.0. The van der Waals surface area contributed by atoms with Crippen LogP contribution in [-0.4, -0.2) is 23.4 Å². The largest absolute Gasteiger partial charge is 0.280 e. The molecule has 7 heteroatoms. The molecule has 25 heavy (non-hydrogen) atoms. The van der Waals surface area contributed by atoms with Gasteiger partial charge in [0.25, 0.3) is 10.0 Å². The van der Waals surface area contributed by atoms with Gasteiger partial charge in [0.1, 0.15) is 0 Å². The van der Waals surface area contributed by atoms with E-state index in [4.69, 9.17) is 0 Å². The van der Waals surface area contributed by atoms with Gasteiger partial charge < -0.3 is 0 Å². The topological polar surface area (TPSA) is 76.9 Å². The van der Waals surface area contributed by atoms with Crippen molar-refractivity contribution in [3.63, 3.8) is 0 Å². The van der Waals surface area contributed by atoms with Crippen LogP contribution in [0.1, 0.15) is 31.0 Å². The van der Waals surface area contributed by atoms with Gasteiger partial charge in [0.15, 0.2) is 0 Å². The second-order valence-electron chi connectivity index (χ2n) is 6.19. The van der Waals surface area contributed by atoms with E-state index >= 15 is 0 Å². The molecule has 0 bridgehead atoms. The van der Waals surface area contributed by atoms with Gasteiger partial charge in [0.05, 0.1) is 28.2 Å². The first-order valence-electron chi connectivity index (χ1n) is 7.97. The summed E-state index contributed by atoms with van der Waals surface area (Å²) in [6, 6.07) is 13.8. The van der Waals surface area contributed by atoms with Gasteiger partial charge in [-0.3, -0.25) is 4.72 Å². The summed E-state index contributed by atoms with van der Waals surface area (Å²) < 4.78 is 29.4. The maximum absolute atomic E-state index is 12.5. The van der Waals surface area contributed by atoms with Gasteiger partial charge in [-0.1, -0.05) is 42.8 Å². The fourth-order valence-corrected chi connectivity index (χ4v) is 3.52. The summed E-state index contributed by atoms with van der Waals surface area (Å²) in [4.78, 5) is 0.229. The lowest BCUT2D eigenvalue weighted by Crippen LogP contribution is -2.13. The third-order valence-corrected chi connectivity index (χ3v) is 5.24. The second kappa shape index (κ2) is 6.68. The first kappa shape index (κ1) is 17.2. The first-order valence-corrected chi connectivity index (χ1v) is 9.45. The Kier molecular flexibility index (Phi) is 4.59. The van der Waals surface area contributed by atoms with Gasteiger partial charge in [0, 0.05) is 0 Å². The van der Waals surface area contributed by atoms with Gasteiger partial charge in [-0.2, -0.15) is 0 Å². The average Bonchev–Trinajstić information content (AvgIpc) is 3.05. The lowest BCUT2D eigenvalue weighted by molar-refractivity contribution is 0.601. The molecule has 0 unspecified atom stereocenters. The van der Waals surface area contributed by atoms with Crippen molar-refractivity contribution in [3.8, 4) is 5.69 Å². The molecule has 3 aromatic rings. The number of rotatable bonds is 5. The van der Waals surface area contributed by atoms with Crippen molar-refractivity contribution in [2.45, 2.75) is 31.6 Å². The molecule has 1 aromatic heterocycles. The molecular weight excluding hydrogens is 336 g/mol. The quantitative estimate of drug-likeness (QED) is 0.759. The Balaban J connectivity index is 1.92. The molecule has 2 aromatic carbocycles. The van der Waals surface area contributed by atoms with Crippen molar-refractivity contribution < 1.29 is 8.42 Å². The minimum atomic E-state index is -3.64. The van der Waals surface area contributed by atoms with E-state index < -0.39 is 10.0 Å². The molecule has 0 spiro atoms. The summed E-state index contributed by atoms with van der Waals surface area (Å²) in [6.07, 6.45) is 1.72. The van der Waals surface area contributed by atoms with Crippen LogP contribution in [0.25, 0.3) is 5.69 Å². The van der Waals surface area contributed by atoms with Crippen LogP contribution in [0.4, 0.5) is 5.69 Å². The van der Waals surface area contributed by atoms with Gasteiger partial charge in [-0.05, 0) is 43.2 Å². The number of nitrogens with one attached hydrogen (secondary N) is 1. The van der Waals surface area contributed by atoms with Crippen LogP contribution in [0.3, 0.4) is 0 Å². The van der Waals surface area contributed by atoms with Crippen molar-refractivity contribution in [2.24, 2.45) is 0 Å². The van der Waals surface area contributed by atoms with E-state index in [0.29, 0.717) is 5.69 Å². The number of hydrogen-bond acceptors (Lipinski definition) is 4. The zero-order valence-electron chi connectivity index (χ0n) is 14.3. The van der Waals surface area contributed by atoms with Gasteiger partial charge in [0.2, 0.25) is 0 Å². The van der Waals surface area contributed by atoms with E-state index in [9.17, 15) is 8.42 Å². The molecule has 0 aliphatic heterocycles. The van der Waals surface area contributed by atoms with Crippen molar-refractivity contribution in [1.29, 1.82) is 0 Å². The molecular formula is C18H20N4O2S. The summed E-state index contributed by atoms with van der Waals surface area (Å²) in [5, 5.41) is 8.06. The van der Waals surface area contributed by atoms with Crippen LogP contribution in [0.2, 0.25) is 0 Å². The van der Waals surface area contributed by atoms with Crippen LogP contribution in [-0.2, 0) is 10.0 Å². The highest BCUT2D eigenvalue weighted by atomic mass is 32.2. The van der Waals surface area contributed by atoms with Crippen LogP contribution >= 0.6 is 0 Å². The lowest BCUT2D eigenvalue weighted by atomic mass is 10.1. The molecule has 0 aliphatic rings. The van der Waals surface area contributed by atoms with Crippen molar-refractivity contribution in [1.82, 2.24) is 15.0 Å². The molecule has 1 N–H and O–H groups in total. The molecule has 3 rings (SSSR count). The Labute approximate surface area is 147 Å². The standard InChI is InChI=1S/C18H20N4O2S/c1-13(2)18-12-19-21-22(18)16-6-4-5-15(11-16)20-25(23,24)17-9-7-14(3)8-10-17/h4-13,20H,1-3H3. The molecule has 0 aliphatic carbocycles. The Morgan fingerprint density at radius 3 is 2.48 bits per heavy atom. The van der Waals surface area contributed by atoms with E-state index in [1.54, 1.807) is 53.3 Å². The van der Waals surface area contributed by atoms with Gasteiger partial charge in [-0.25, -0.2) is 13.1 Å². The number of aromatic nitrogens is 3. The Hall–Kier alpha value is -2.67. The smallest absolute Gasteiger partial charge is 0.261 e. The highest BCUT2D eigenvalue weighted by molar-refractivity contribution is 7.92. The lowest BCUT2D eigenvalue weighted by Gasteiger charge is -2.12. The minimum Gasteiger partial charge on any atom is -0.280 e. The predicted molar refractivity (Wildman–Crippen MR) is 97.4 cm³/mol. The molecule has 0 atom stereocenters. The average molecular weight is 356 g/mol. The fourth-order valence-electron chi connectivity index (χ4n) is 2.47. The minimum absolute atomic E-state index is 0.229. The second-order valence-corrected chi connectivity index (χ2v) is 7.88. The number of hydrogen-bond donors (Lipinski definition) is 1. The number of aryl methyl sites for hydroxylation is 1. The maximum Gasteiger partial charge on any atom is 0.261 e. The van der Waals surface area contributed by atoms with E-state index in [-0.39, 0.29) is 10.8 Å². The highest BCUT2D eigenvalue weighted by Gasteiger charge is 2.15. The third-order valence-electron chi connectivity index (χ3n) is 3.84. The van der Waals surface area contributed by atoms with Crippen molar-refractivity contribution in [2.75, 3.05) is 4.72 Å². The SMILES string of the molecule is Cc1ccc(S(=O)(=O)Nc2cccc(-n3nncc3C(C)C)c2)cc1. The summed E-state index contributed by atoms with van der Waals surface area (Å²) >= 11 is 0. The van der Waals surface area contributed by atoms with E-state index in [2.05, 4.69) is 28.9 Å². The number of nitrogens with zero attached hydrogens (tertiary/aromatic N) is 3. The molecule has 1 heterocycles. The molecule has 0 saturated carbocycles.